The summed E-state index contributed by atoms with van der Waals surface area (Å²) in [4.78, 5) is 16.3. The number of halogens is 1. The maximum absolute atomic E-state index is 13.5. The Kier molecular flexibility index (Phi) is 4.48. The van der Waals surface area contributed by atoms with E-state index in [0.717, 1.165) is 16.7 Å². The minimum Gasteiger partial charge on any atom is -0.348 e. The van der Waals surface area contributed by atoms with Crippen molar-refractivity contribution in [1.82, 2.24) is 10.3 Å². The quantitative estimate of drug-likeness (QED) is 0.781. The number of pyridine rings is 1. The van der Waals surface area contributed by atoms with Gasteiger partial charge in [-0.05, 0) is 58.6 Å². The molecule has 0 atom stereocenters. The highest BCUT2D eigenvalue weighted by Crippen LogP contribution is 2.21. The highest BCUT2D eigenvalue weighted by atomic mass is 32.1. The van der Waals surface area contributed by atoms with Crippen molar-refractivity contribution in [2.24, 2.45) is 0 Å². The van der Waals surface area contributed by atoms with Crippen LogP contribution in [0.25, 0.3) is 11.1 Å². The highest BCUT2D eigenvalue weighted by Gasteiger charge is 2.08. The number of nitrogens with zero attached hydrogens (tertiary/aromatic N) is 1. The van der Waals surface area contributed by atoms with Crippen LogP contribution in [0.4, 0.5) is 4.39 Å². The smallest absolute Gasteiger partial charge is 0.251 e. The predicted molar refractivity (Wildman–Crippen MR) is 89.9 cm³/mol. The largest absolute Gasteiger partial charge is 0.348 e. The molecule has 23 heavy (non-hydrogen) atoms. The normalized spacial score (nSPS) is 10.5. The number of hydrogen-bond donors (Lipinski definition) is 1. The molecule has 0 aliphatic rings. The Morgan fingerprint density at radius 3 is 2.83 bits per heavy atom. The molecule has 3 aromatic rings. The van der Waals surface area contributed by atoms with Gasteiger partial charge >= 0.3 is 0 Å². The molecule has 3 nitrogen and oxygen atoms in total. The zero-order chi connectivity index (χ0) is 16.2. The molecule has 1 amide bonds. The molecule has 0 saturated carbocycles. The fourth-order valence-corrected chi connectivity index (χ4v) is 2.85. The maximum atomic E-state index is 13.5. The third-order valence-corrected chi connectivity index (χ3v) is 4.22. The Morgan fingerprint density at radius 1 is 1.22 bits per heavy atom. The van der Waals surface area contributed by atoms with Crippen molar-refractivity contribution in [3.63, 3.8) is 0 Å². The number of rotatable bonds is 4. The number of carbonyl (C=O) groups excluding carboxylic acids is 1. The van der Waals surface area contributed by atoms with Crippen LogP contribution in [0, 0.1) is 12.7 Å². The monoisotopic (exact) mass is 326 g/mol. The van der Waals surface area contributed by atoms with Gasteiger partial charge in [-0.15, -0.1) is 0 Å². The first kappa shape index (κ1) is 15.4. The molecule has 0 aliphatic heterocycles. The minimum atomic E-state index is -0.376. The number of aromatic nitrogens is 1. The molecule has 116 valence electrons. The molecule has 3 rings (SSSR count). The zero-order valence-electron chi connectivity index (χ0n) is 12.5. The number of thiophene rings is 1. The summed E-state index contributed by atoms with van der Waals surface area (Å²) in [5.74, 6) is -0.677. The standard InChI is InChI=1S/C18H15FN2OS/c1-12-2-3-14(7-17(12)19)18(22)21-9-13-6-16(10-20-8-13)15-4-5-23-11-15/h2-8,10-11H,9H2,1H3,(H,21,22). The molecule has 0 radical (unpaired) electrons. The summed E-state index contributed by atoms with van der Waals surface area (Å²) in [7, 11) is 0. The van der Waals surface area contributed by atoms with Gasteiger partial charge in [-0.1, -0.05) is 6.07 Å². The summed E-state index contributed by atoms with van der Waals surface area (Å²) in [6.45, 7) is 2.01. The highest BCUT2D eigenvalue weighted by molar-refractivity contribution is 7.08. The topological polar surface area (TPSA) is 42.0 Å². The van der Waals surface area contributed by atoms with Gasteiger partial charge in [0.25, 0.3) is 5.91 Å². The fraction of sp³-hybridized carbons (Fsp3) is 0.111. The van der Waals surface area contributed by atoms with Crippen molar-refractivity contribution >= 4 is 17.2 Å². The van der Waals surface area contributed by atoms with Crippen molar-refractivity contribution in [3.05, 3.63) is 76.0 Å². The SMILES string of the molecule is Cc1ccc(C(=O)NCc2cncc(-c3ccsc3)c2)cc1F. The van der Waals surface area contributed by atoms with Crippen molar-refractivity contribution in [3.8, 4) is 11.1 Å². The van der Waals surface area contributed by atoms with Crippen LogP contribution >= 0.6 is 11.3 Å². The second kappa shape index (κ2) is 6.71. The summed E-state index contributed by atoms with van der Waals surface area (Å²) >= 11 is 1.63. The third-order valence-electron chi connectivity index (χ3n) is 3.54. The molecule has 1 aromatic carbocycles. The van der Waals surface area contributed by atoms with Gasteiger partial charge in [-0.25, -0.2) is 4.39 Å². The first-order chi connectivity index (χ1) is 11.1. The van der Waals surface area contributed by atoms with E-state index >= 15 is 0 Å². The molecule has 2 heterocycles. The van der Waals surface area contributed by atoms with Crippen LogP contribution in [0.2, 0.25) is 0 Å². The molecule has 0 spiro atoms. The lowest BCUT2D eigenvalue weighted by Gasteiger charge is -2.07. The Hall–Kier alpha value is -2.53. The minimum absolute atomic E-state index is 0.301. The number of benzene rings is 1. The van der Waals surface area contributed by atoms with Gasteiger partial charge in [-0.2, -0.15) is 11.3 Å². The van der Waals surface area contributed by atoms with E-state index in [-0.39, 0.29) is 11.7 Å². The predicted octanol–water partition coefficient (Wildman–Crippen LogP) is 4.19. The molecular formula is C18H15FN2OS. The van der Waals surface area contributed by atoms with Crippen LogP contribution in [-0.4, -0.2) is 10.9 Å². The summed E-state index contributed by atoms with van der Waals surface area (Å²) in [5.41, 5.74) is 3.86. The van der Waals surface area contributed by atoms with Gasteiger partial charge in [0.1, 0.15) is 5.82 Å². The molecule has 5 heteroatoms. The average molecular weight is 326 g/mol. The zero-order valence-corrected chi connectivity index (χ0v) is 13.4. The summed E-state index contributed by atoms with van der Waals surface area (Å²) < 4.78 is 13.5. The number of nitrogens with one attached hydrogen (secondary N) is 1. The molecule has 2 aromatic heterocycles. The van der Waals surface area contributed by atoms with Gasteiger partial charge in [0.05, 0.1) is 0 Å². The van der Waals surface area contributed by atoms with Crippen molar-refractivity contribution in [1.29, 1.82) is 0 Å². The lowest BCUT2D eigenvalue weighted by Crippen LogP contribution is -2.23. The number of carbonyl (C=O) groups is 1. The second-order valence-corrected chi connectivity index (χ2v) is 6.02. The van der Waals surface area contributed by atoms with Gasteiger partial charge in [0.2, 0.25) is 0 Å². The van der Waals surface area contributed by atoms with Crippen LogP contribution < -0.4 is 5.32 Å². The number of amides is 1. The van der Waals surface area contributed by atoms with Crippen LogP contribution in [0.1, 0.15) is 21.5 Å². The van der Waals surface area contributed by atoms with Gasteiger partial charge in [-0.3, -0.25) is 9.78 Å². The van der Waals surface area contributed by atoms with Crippen LogP contribution in [-0.2, 0) is 6.54 Å². The van der Waals surface area contributed by atoms with Crippen molar-refractivity contribution in [2.45, 2.75) is 13.5 Å². The maximum Gasteiger partial charge on any atom is 0.251 e. The number of hydrogen-bond acceptors (Lipinski definition) is 3. The van der Waals surface area contributed by atoms with E-state index in [1.807, 2.05) is 17.5 Å². The first-order valence-corrected chi connectivity index (χ1v) is 8.08. The Bertz CT molecular complexity index is 831. The summed E-state index contributed by atoms with van der Waals surface area (Å²) in [6, 6.07) is 8.49. The number of aryl methyl sites for hydroxylation is 1. The van der Waals surface area contributed by atoms with E-state index in [4.69, 9.17) is 0 Å². The lowest BCUT2D eigenvalue weighted by atomic mass is 10.1. The van der Waals surface area contributed by atoms with Crippen LogP contribution in [0.3, 0.4) is 0 Å². The summed E-state index contributed by atoms with van der Waals surface area (Å²) in [6.07, 6.45) is 3.51. The Labute approximate surface area is 137 Å². The second-order valence-electron chi connectivity index (χ2n) is 5.24. The molecule has 0 saturated heterocycles. The van der Waals surface area contributed by atoms with Crippen LogP contribution in [0.15, 0.2) is 53.5 Å². The molecule has 0 bridgehead atoms. The molecule has 0 fully saturated rings. The van der Waals surface area contributed by atoms with Crippen LogP contribution in [0.5, 0.6) is 0 Å². The van der Waals surface area contributed by atoms with E-state index in [1.165, 1.54) is 6.07 Å². The van der Waals surface area contributed by atoms with Gasteiger partial charge in [0.15, 0.2) is 0 Å². The summed E-state index contributed by atoms with van der Waals surface area (Å²) in [5, 5.41) is 6.85. The average Bonchev–Trinajstić information content (AvgIpc) is 3.10. The fourth-order valence-electron chi connectivity index (χ4n) is 2.19. The van der Waals surface area contributed by atoms with Gasteiger partial charge < -0.3 is 5.32 Å². The van der Waals surface area contributed by atoms with E-state index in [1.54, 1.807) is 42.8 Å². The Balaban J connectivity index is 1.69. The Morgan fingerprint density at radius 2 is 2.09 bits per heavy atom. The van der Waals surface area contributed by atoms with Crippen molar-refractivity contribution in [2.75, 3.05) is 0 Å². The molecule has 1 N–H and O–H groups in total. The molecular weight excluding hydrogens is 311 g/mol. The lowest BCUT2D eigenvalue weighted by molar-refractivity contribution is 0.0950. The van der Waals surface area contributed by atoms with E-state index in [9.17, 15) is 9.18 Å². The van der Waals surface area contributed by atoms with E-state index < -0.39 is 0 Å². The van der Waals surface area contributed by atoms with Crippen molar-refractivity contribution < 1.29 is 9.18 Å². The first-order valence-electron chi connectivity index (χ1n) is 7.14. The van der Waals surface area contributed by atoms with E-state index in [2.05, 4.69) is 15.7 Å². The third kappa shape index (κ3) is 3.63. The molecule has 0 aliphatic carbocycles. The van der Waals surface area contributed by atoms with Gasteiger partial charge in [0, 0.05) is 30.1 Å². The van der Waals surface area contributed by atoms with E-state index in [0.29, 0.717) is 17.7 Å². The molecule has 0 unspecified atom stereocenters.